The first kappa shape index (κ1) is 14.1. The first-order valence-electron chi connectivity index (χ1n) is 7.49. The number of hydrogen-bond donors (Lipinski definition) is 1. The number of rotatable bonds is 3. The van der Waals surface area contributed by atoms with Gasteiger partial charge < -0.3 is 15.0 Å². The fourth-order valence-corrected chi connectivity index (χ4v) is 2.97. The van der Waals surface area contributed by atoms with E-state index in [1.807, 2.05) is 24.3 Å². The predicted octanol–water partition coefficient (Wildman–Crippen LogP) is 3.51. The zero-order chi connectivity index (χ0) is 14.7. The van der Waals surface area contributed by atoms with Crippen LogP contribution in [-0.2, 0) is 10.3 Å². The maximum Gasteiger partial charge on any atom is 0.258 e. The average Bonchev–Trinajstić information content (AvgIpc) is 2.88. The van der Waals surface area contributed by atoms with E-state index in [2.05, 4.69) is 10.1 Å². The van der Waals surface area contributed by atoms with Gasteiger partial charge in [0.2, 0.25) is 5.82 Å². The normalized spacial score (nSPS) is 18.3. The Morgan fingerprint density at radius 1 is 1.10 bits per heavy atom. The molecule has 1 aromatic carbocycles. The molecule has 0 aliphatic heterocycles. The van der Waals surface area contributed by atoms with E-state index in [0.29, 0.717) is 11.7 Å². The second-order valence-corrected chi connectivity index (χ2v) is 5.66. The van der Waals surface area contributed by atoms with Gasteiger partial charge in [-0.2, -0.15) is 4.98 Å². The van der Waals surface area contributed by atoms with Crippen molar-refractivity contribution in [2.45, 2.75) is 44.1 Å². The lowest BCUT2D eigenvalue weighted by atomic mass is 9.93. The largest absolute Gasteiger partial charge is 0.399 e. The summed E-state index contributed by atoms with van der Waals surface area (Å²) >= 11 is 0. The van der Waals surface area contributed by atoms with E-state index in [-0.39, 0.29) is 0 Å². The van der Waals surface area contributed by atoms with Gasteiger partial charge in [-0.3, -0.25) is 0 Å². The molecule has 1 saturated carbocycles. The first-order valence-corrected chi connectivity index (χ1v) is 7.49. The molecule has 1 aromatic heterocycles. The van der Waals surface area contributed by atoms with Gasteiger partial charge in [0.25, 0.3) is 5.89 Å². The van der Waals surface area contributed by atoms with Gasteiger partial charge in [0, 0.05) is 18.4 Å². The van der Waals surface area contributed by atoms with E-state index < -0.39 is 5.60 Å². The Hall–Kier alpha value is -1.88. The highest BCUT2D eigenvalue weighted by atomic mass is 16.5. The van der Waals surface area contributed by atoms with Crippen LogP contribution in [0.15, 0.2) is 28.8 Å². The molecule has 3 rings (SSSR count). The summed E-state index contributed by atoms with van der Waals surface area (Å²) in [5.74, 6) is 1.18. The quantitative estimate of drug-likeness (QED) is 0.690. The van der Waals surface area contributed by atoms with Crippen molar-refractivity contribution in [1.82, 2.24) is 10.1 Å². The molecular weight excluding hydrogens is 266 g/mol. The third-order valence-corrected chi connectivity index (χ3v) is 4.29. The van der Waals surface area contributed by atoms with Crippen molar-refractivity contribution in [2.24, 2.45) is 0 Å². The molecule has 1 fully saturated rings. The van der Waals surface area contributed by atoms with E-state index in [0.717, 1.165) is 36.9 Å². The van der Waals surface area contributed by atoms with Crippen molar-refractivity contribution in [3.8, 4) is 11.5 Å². The Labute approximate surface area is 124 Å². The fraction of sp³-hybridized carbons (Fsp3) is 0.500. The van der Waals surface area contributed by atoms with Crippen LogP contribution in [0.2, 0.25) is 0 Å². The number of benzene rings is 1. The van der Waals surface area contributed by atoms with E-state index in [9.17, 15) is 0 Å². The SMILES string of the molecule is COC1(c2noc(-c3ccc(N)cc3)n2)CCCCCC1. The summed E-state index contributed by atoms with van der Waals surface area (Å²) in [6.45, 7) is 0. The predicted molar refractivity (Wildman–Crippen MR) is 80.5 cm³/mol. The molecule has 2 aromatic rings. The zero-order valence-electron chi connectivity index (χ0n) is 12.3. The van der Waals surface area contributed by atoms with Gasteiger partial charge in [0.05, 0.1) is 0 Å². The van der Waals surface area contributed by atoms with Crippen LogP contribution in [0.5, 0.6) is 0 Å². The number of nitrogens with two attached hydrogens (primary N) is 1. The molecule has 0 radical (unpaired) electrons. The topological polar surface area (TPSA) is 74.2 Å². The number of nitrogen functional groups attached to an aromatic ring is 1. The van der Waals surface area contributed by atoms with Crippen LogP contribution in [0.1, 0.15) is 44.3 Å². The molecule has 0 atom stereocenters. The summed E-state index contributed by atoms with van der Waals surface area (Å²) in [5.41, 5.74) is 6.90. The summed E-state index contributed by atoms with van der Waals surface area (Å²) in [6, 6.07) is 7.44. The molecular formula is C16H21N3O2. The molecule has 1 aliphatic carbocycles. The molecule has 2 N–H and O–H groups in total. The number of hydrogen-bond acceptors (Lipinski definition) is 5. The molecule has 0 spiro atoms. The minimum Gasteiger partial charge on any atom is -0.399 e. The van der Waals surface area contributed by atoms with Crippen molar-refractivity contribution in [2.75, 3.05) is 12.8 Å². The molecule has 112 valence electrons. The van der Waals surface area contributed by atoms with Crippen LogP contribution < -0.4 is 5.73 Å². The number of anilines is 1. The highest BCUT2D eigenvalue weighted by Crippen LogP contribution is 2.38. The van der Waals surface area contributed by atoms with Gasteiger partial charge in [-0.05, 0) is 37.1 Å². The number of aromatic nitrogens is 2. The van der Waals surface area contributed by atoms with E-state index in [1.165, 1.54) is 12.8 Å². The maximum atomic E-state index is 5.81. The summed E-state index contributed by atoms with van der Waals surface area (Å²) < 4.78 is 11.2. The highest BCUT2D eigenvalue weighted by molar-refractivity contribution is 5.57. The van der Waals surface area contributed by atoms with Crippen LogP contribution in [0, 0.1) is 0 Å². The average molecular weight is 287 g/mol. The van der Waals surface area contributed by atoms with Crippen molar-refractivity contribution in [3.63, 3.8) is 0 Å². The maximum absolute atomic E-state index is 5.81. The van der Waals surface area contributed by atoms with Crippen LogP contribution in [0.25, 0.3) is 11.5 Å². The van der Waals surface area contributed by atoms with Gasteiger partial charge in [-0.25, -0.2) is 0 Å². The second-order valence-electron chi connectivity index (χ2n) is 5.66. The van der Waals surface area contributed by atoms with Gasteiger partial charge in [-0.15, -0.1) is 0 Å². The highest BCUT2D eigenvalue weighted by Gasteiger charge is 2.37. The van der Waals surface area contributed by atoms with Gasteiger partial charge in [0.15, 0.2) is 0 Å². The third kappa shape index (κ3) is 2.78. The van der Waals surface area contributed by atoms with E-state index >= 15 is 0 Å². The zero-order valence-corrected chi connectivity index (χ0v) is 12.3. The van der Waals surface area contributed by atoms with Gasteiger partial charge in [-0.1, -0.05) is 30.8 Å². The van der Waals surface area contributed by atoms with E-state index in [4.69, 9.17) is 15.0 Å². The standard InChI is InChI=1S/C16H21N3O2/c1-20-16(10-4-2-3-5-11-16)15-18-14(21-19-15)12-6-8-13(17)9-7-12/h6-9H,2-5,10-11,17H2,1H3. The lowest BCUT2D eigenvalue weighted by Crippen LogP contribution is -2.29. The first-order chi connectivity index (χ1) is 10.2. The molecule has 1 heterocycles. The molecule has 0 bridgehead atoms. The minimum atomic E-state index is -0.397. The summed E-state index contributed by atoms with van der Waals surface area (Å²) in [6.07, 6.45) is 6.66. The van der Waals surface area contributed by atoms with Crippen molar-refractivity contribution >= 4 is 5.69 Å². The molecule has 0 saturated heterocycles. The minimum absolute atomic E-state index is 0.397. The molecule has 0 unspecified atom stereocenters. The molecule has 0 amide bonds. The summed E-state index contributed by atoms with van der Waals surface area (Å²) in [4.78, 5) is 4.57. The van der Waals surface area contributed by atoms with E-state index in [1.54, 1.807) is 7.11 Å². The fourth-order valence-electron chi connectivity index (χ4n) is 2.97. The molecule has 5 nitrogen and oxygen atoms in total. The summed E-state index contributed by atoms with van der Waals surface area (Å²) in [5, 5.41) is 4.18. The smallest absolute Gasteiger partial charge is 0.258 e. The third-order valence-electron chi connectivity index (χ3n) is 4.29. The number of methoxy groups -OCH3 is 1. The Kier molecular flexibility index (Phi) is 3.92. The van der Waals surface area contributed by atoms with Crippen LogP contribution in [0.3, 0.4) is 0 Å². The monoisotopic (exact) mass is 287 g/mol. The van der Waals surface area contributed by atoms with Crippen LogP contribution in [0.4, 0.5) is 5.69 Å². The lowest BCUT2D eigenvalue weighted by Gasteiger charge is -2.27. The van der Waals surface area contributed by atoms with Crippen LogP contribution in [-0.4, -0.2) is 17.3 Å². The van der Waals surface area contributed by atoms with Crippen molar-refractivity contribution in [3.05, 3.63) is 30.1 Å². The number of nitrogens with zero attached hydrogens (tertiary/aromatic N) is 2. The Bertz CT molecular complexity index is 584. The Balaban J connectivity index is 1.90. The van der Waals surface area contributed by atoms with Crippen molar-refractivity contribution in [1.29, 1.82) is 0 Å². The molecule has 5 heteroatoms. The molecule has 1 aliphatic rings. The van der Waals surface area contributed by atoms with Crippen molar-refractivity contribution < 1.29 is 9.26 Å². The lowest BCUT2D eigenvalue weighted by molar-refractivity contribution is -0.0365. The Morgan fingerprint density at radius 3 is 2.38 bits per heavy atom. The van der Waals surface area contributed by atoms with Crippen LogP contribution >= 0.6 is 0 Å². The molecule has 21 heavy (non-hydrogen) atoms. The second kappa shape index (κ2) is 5.85. The van der Waals surface area contributed by atoms with Gasteiger partial charge in [0.1, 0.15) is 5.60 Å². The number of ether oxygens (including phenoxy) is 1. The Morgan fingerprint density at radius 2 is 1.76 bits per heavy atom. The van der Waals surface area contributed by atoms with Gasteiger partial charge >= 0.3 is 0 Å². The summed E-state index contributed by atoms with van der Waals surface area (Å²) in [7, 11) is 1.74.